The number of benzene rings is 1. The van der Waals surface area contributed by atoms with E-state index in [9.17, 15) is 4.79 Å². The van der Waals surface area contributed by atoms with Gasteiger partial charge < -0.3 is 9.47 Å². The molecule has 0 aliphatic heterocycles. The van der Waals surface area contributed by atoms with Gasteiger partial charge in [-0.05, 0) is 86.2 Å². The quantitative estimate of drug-likeness (QED) is 0.357. The molecule has 0 aromatic heterocycles. The van der Waals surface area contributed by atoms with Gasteiger partial charge in [0.15, 0.2) is 0 Å². The zero-order valence-corrected chi connectivity index (χ0v) is 17.8. The number of esters is 1. The van der Waals surface area contributed by atoms with Crippen molar-refractivity contribution in [3.8, 4) is 5.75 Å². The van der Waals surface area contributed by atoms with Crippen molar-refractivity contribution >= 4 is 28.6 Å². The Kier molecular flexibility index (Phi) is 9.09. The fourth-order valence-corrected chi connectivity index (χ4v) is 3.65. The van der Waals surface area contributed by atoms with Gasteiger partial charge in [-0.2, -0.15) is 0 Å². The van der Waals surface area contributed by atoms with Crippen LogP contribution in [0.4, 0.5) is 0 Å². The Hall–Kier alpha value is -0.780. The molecule has 0 bridgehead atoms. The van der Waals surface area contributed by atoms with Gasteiger partial charge >= 0.3 is 5.97 Å². The Morgan fingerprint density at radius 2 is 1.96 bits per heavy atom. The van der Waals surface area contributed by atoms with E-state index >= 15 is 0 Å². The molecule has 0 amide bonds. The zero-order valence-electron chi connectivity index (χ0n) is 15.7. The Morgan fingerprint density at radius 1 is 1.25 bits per heavy atom. The van der Waals surface area contributed by atoms with Crippen LogP contribution in [0.1, 0.15) is 65.4 Å². The highest BCUT2D eigenvalue weighted by atomic mass is 127. The lowest BCUT2D eigenvalue weighted by Gasteiger charge is -2.20. The van der Waals surface area contributed by atoms with Crippen LogP contribution >= 0.6 is 22.6 Å². The fourth-order valence-electron chi connectivity index (χ4n) is 2.85. The molecule has 4 heteroatoms. The lowest BCUT2D eigenvalue weighted by Crippen LogP contribution is -2.23. The summed E-state index contributed by atoms with van der Waals surface area (Å²) < 4.78 is 11.9. The third-order valence-corrected chi connectivity index (χ3v) is 4.69. The third kappa shape index (κ3) is 8.36. The van der Waals surface area contributed by atoms with E-state index in [4.69, 9.17) is 9.47 Å². The van der Waals surface area contributed by atoms with Crippen molar-refractivity contribution in [3.05, 3.63) is 27.3 Å². The molecule has 0 aliphatic rings. The molecule has 24 heavy (non-hydrogen) atoms. The highest BCUT2D eigenvalue weighted by Crippen LogP contribution is 2.26. The molecule has 1 aromatic carbocycles. The standard InChI is InChI=1S/C20H31IO3/c1-6-8-15(9-7-10-19(22)24-20(2,3)4)13-16-11-12-18(23-5)17(21)14-16/h11-12,14-15H,6-10,13H2,1-5H3. The van der Waals surface area contributed by atoms with E-state index in [1.165, 1.54) is 18.4 Å². The van der Waals surface area contributed by atoms with Crippen LogP contribution in [0.5, 0.6) is 5.75 Å². The lowest BCUT2D eigenvalue weighted by atomic mass is 9.90. The molecule has 1 unspecified atom stereocenters. The van der Waals surface area contributed by atoms with E-state index in [0.717, 1.165) is 28.6 Å². The van der Waals surface area contributed by atoms with Gasteiger partial charge in [-0.1, -0.05) is 25.8 Å². The maximum atomic E-state index is 11.8. The van der Waals surface area contributed by atoms with Crippen LogP contribution in [0.25, 0.3) is 0 Å². The van der Waals surface area contributed by atoms with E-state index in [-0.39, 0.29) is 11.6 Å². The van der Waals surface area contributed by atoms with Crippen LogP contribution in [-0.4, -0.2) is 18.7 Å². The van der Waals surface area contributed by atoms with Crippen molar-refractivity contribution in [3.63, 3.8) is 0 Å². The molecule has 1 aromatic rings. The average Bonchev–Trinajstić information content (AvgIpc) is 2.45. The van der Waals surface area contributed by atoms with Gasteiger partial charge in [0.25, 0.3) is 0 Å². The first-order valence-electron chi connectivity index (χ1n) is 8.79. The van der Waals surface area contributed by atoms with Crippen molar-refractivity contribution < 1.29 is 14.3 Å². The van der Waals surface area contributed by atoms with Crippen molar-refractivity contribution in [1.29, 1.82) is 0 Å². The molecular weight excluding hydrogens is 415 g/mol. The van der Waals surface area contributed by atoms with E-state index in [0.29, 0.717) is 12.3 Å². The highest BCUT2D eigenvalue weighted by Gasteiger charge is 2.17. The largest absolute Gasteiger partial charge is 0.496 e. The summed E-state index contributed by atoms with van der Waals surface area (Å²) in [6, 6.07) is 6.40. The maximum Gasteiger partial charge on any atom is 0.306 e. The zero-order chi connectivity index (χ0) is 18.2. The van der Waals surface area contributed by atoms with Gasteiger partial charge in [0.2, 0.25) is 0 Å². The average molecular weight is 446 g/mol. The molecule has 1 rings (SSSR count). The summed E-state index contributed by atoms with van der Waals surface area (Å²) in [7, 11) is 1.70. The second kappa shape index (κ2) is 10.3. The van der Waals surface area contributed by atoms with E-state index < -0.39 is 0 Å². The predicted molar refractivity (Wildman–Crippen MR) is 108 cm³/mol. The third-order valence-electron chi connectivity index (χ3n) is 3.85. The summed E-state index contributed by atoms with van der Waals surface area (Å²) in [6.07, 6.45) is 5.89. The van der Waals surface area contributed by atoms with Gasteiger partial charge in [-0.25, -0.2) is 0 Å². The first-order valence-corrected chi connectivity index (χ1v) is 9.87. The number of methoxy groups -OCH3 is 1. The molecule has 0 saturated heterocycles. The molecular formula is C20H31IO3. The normalized spacial score (nSPS) is 12.8. The molecule has 0 aliphatic carbocycles. The second-order valence-electron chi connectivity index (χ2n) is 7.31. The molecule has 0 fully saturated rings. The minimum Gasteiger partial charge on any atom is -0.496 e. The van der Waals surface area contributed by atoms with E-state index in [2.05, 4.69) is 41.6 Å². The van der Waals surface area contributed by atoms with Gasteiger partial charge in [0.1, 0.15) is 11.4 Å². The van der Waals surface area contributed by atoms with Crippen LogP contribution < -0.4 is 4.74 Å². The number of hydrogen-bond acceptors (Lipinski definition) is 3. The number of ether oxygens (including phenoxy) is 2. The molecule has 3 nitrogen and oxygen atoms in total. The molecule has 1 atom stereocenters. The Morgan fingerprint density at radius 3 is 2.50 bits per heavy atom. The summed E-state index contributed by atoms with van der Waals surface area (Å²) in [5, 5.41) is 0. The van der Waals surface area contributed by atoms with Crippen LogP contribution in [0, 0.1) is 9.49 Å². The Bertz CT molecular complexity index is 520. The first kappa shape index (κ1) is 21.3. The van der Waals surface area contributed by atoms with E-state index in [1.807, 2.05) is 26.8 Å². The predicted octanol–water partition coefficient (Wildman–Crippen LogP) is 5.77. The molecule has 0 radical (unpaired) electrons. The van der Waals surface area contributed by atoms with Gasteiger partial charge in [0, 0.05) is 6.42 Å². The van der Waals surface area contributed by atoms with Crippen molar-refractivity contribution in [2.75, 3.05) is 7.11 Å². The molecule has 0 saturated carbocycles. The number of hydrogen-bond donors (Lipinski definition) is 0. The maximum absolute atomic E-state index is 11.8. The van der Waals surface area contributed by atoms with Crippen molar-refractivity contribution in [2.24, 2.45) is 5.92 Å². The van der Waals surface area contributed by atoms with Gasteiger partial charge in [0.05, 0.1) is 10.7 Å². The topological polar surface area (TPSA) is 35.5 Å². The molecule has 0 spiro atoms. The molecule has 0 N–H and O–H groups in total. The van der Waals surface area contributed by atoms with Crippen LogP contribution in [0.3, 0.4) is 0 Å². The lowest BCUT2D eigenvalue weighted by molar-refractivity contribution is -0.154. The summed E-state index contributed by atoms with van der Waals surface area (Å²) in [6.45, 7) is 7.96. The first-order chi connectivity index (χ1) is 11.2. The van der Waals surface area contributed by atoms with Crippen LogP contribution in [0.15, 0.2) is 18.2 Å². The van der Waals surface area contributed by atoms with Crippen LogP contribution in [-0.2, 0) is 16.0 Å². The van der Waals surface area contributed by atoms with Crippen molar-refractivity contribution in [2.45, 2.75) is 71.8 Å². The fraction of sp³-hybridized carbons (Fsp3) is 0.650. The highest BCUT2D eigenvalue weighted by molar-refractivity contribution is 14.1. The summed E-state index contributed by atoms with van der Waals surface area (Å²) in [5.41, 5.74) is 0.954. The minimum absolute atomic E-state index is 0.0863. The van der Waals surface area contributed by atoms with Gasteiger partial charge in [-0.3, -0.25) is 4.79 Å². The number of carbonyl (C=O) groups is 1. The molecule has 0 heterocycles. The van der Waals surface area contributed by atoms with Crippen molar-refractivity contribution in [1.82, 2.24) is 0 Å². The summed E-state index contributed by atoms with van der Waals surface area (Å²) >= 11 is 2.32. The number of halogens is 1. The summed E-state index contributed by atoms with van der Waals surface area (Å²) in [5.74, 6) is 1.45. The van der Waals surface area contributed by atoms with Gasteiger partial charge in [-0.15, -0.1) is 0 Å². The molecule has 136 valence electrons. The summed E-state index contributed by atoms with van der Waals surface area (Å²) in [4.78, 5) is 11.8. The van der Waals surface area contributed by atoms with E-state index in [1.54, 1.807) is 7.11 Å². The smallest absolute Gasteiger partial charge is 0.306 e. The monoisotopic (exact) mass is 446 g/mol. The number of carbonyl (C=O) groups excluding carboxylic acids is 1. The second-order valence-corrected chi connectivity index (χ2v) is 8.47. The SMILES string of the molecule is CCCC(CCCC(=O)OC(C)(C)C)Cc1ccc(OC)c(I)c1. The Labute approximate surface area is 160 Å². The Balaban J connectivity index is 2.52. The minimum atomic E-state index is -0.389. The number of rotatable bonds is 9. The van der Waals surface area contributed by atoms with Crippen LogP contribution in [0.2, 0.25) is 0 Å².